The van der Waals surface area contributed by atoms with Crippen LogP contribution >= 0.6 is 0 Å². The molecule has 0 bridgehead atoms. The van der Waals surface area contributed by atoms with Gasteiger partial charge in [-0.15, -0.1) is 0 Å². The van der Waals surface area contributed by atoms with E-state index in [1.165, 1.54) is 12.1 Å². The van der Waals surface area contributed by atoms with Gasteiger partial charge in [0, 0.05) is 13.0 Å². The van der Waals surface area contributed by atoms with Crippen molar-refractivity contribution in [1.29, 1.82) is 0 Å². The van der Waals surface area contributed by atoms with Crippen molar-refractivity contribution in [3.63, 3.8) is 0 Å². The van der Waals surface area contributed by atoms with Gasteiger partial charge in [-0.05, 0) is 48.2 Å². The zero-order valence-electron chi connectivity index (χ0n) is 17.2. The highest BCUT2D eigenvalue weighted by molar-refractivity contribution is 5.76. The number of aryl methyl sites for hydroxylation is 1. The number of rotatable bonds is 8. The van der Waals surface area contributed by atoms with Crippen LogP contribution in [0, 0.1) is 0 Å². The van der Waals surface area contributed by atoms with Gasteiger partial charge in [0.15, 0.2) is 11.5 Å². The molecule has 2 aromatic rings. The summed E-state index contributed by atoms with van der Waals surface area (Å²) in [4.78, 5) is 11.9. The predicted octanol–water partition coefficient (Wildman–Crippen LogP) is 5.04. The van der Waals surface area contributed by atoms with Gasteiger partial charge in [0.25, 0.3) is 0 Å². The number of hydrogen-bond acceptors (Lipinski definition) is 3. The average Bonchev–Trinajstić information content (AvgIpc) is 2.73. The molecule has 0 unspecified atom stereocenters. The molecule has 1 amide bonds. The van der Waals surface area contributed by atoms with Gasteiger partial charge in [0.05, 0.1) is 19.8 Å². The maximum absolute atomic E-state index is 12.5. The number of carbonyl (C=O) groups is 1. The van der Waals surface area contributed by atoms with Crippen molar-refractivity contribution in [1.82, 2.24) is 5.32 Å². The standard InChI is InChI=1S/C20H22F3NO3.C2H6/c1-26-17-9-5-15(13-18(17)27-2)11-12-24-19(25)10-6-14-3-7-16(8-4-14)20(21,22)23;1-2/h3-5,7-9,13H,6,10-12H2,1-2H3,(H,24,25);1-2H3. The minimum Gasteiger partial charge on any atom is -0.493 e. The van der Waals surface area contributed by atoms with Crippen LogP contribution in [-0.4, -0.2) is 26.7 Å². The fraction of sp³-hybridized carbons (Fsp3) is 0.409. The molecular formula is C22H28F3NO3. The van der Waals surface area contributed by atoms with Gasteiger partial charge in [0.2, 0.25) is 5.91 Å². The van der Waals surface area contributed by atoms with Crippen molar-refractivity contribution in [2.45, 2.75) is 39.3 Å². The normalized spacial score (nSPS) is 10.6. The van der Waals surface area contributed by atoms with E-state index < -0.39 is 11.7 Å². The molecule has 0 radical (unpaired) electrons. The van der Waals surface area contributed by atoms with Crippen molar-refractivity contribution >= 4 is 5.91 Å². The van der Waals surface area contributed by atoms with Crippen LogP contribution in [0.2, 0.25) is 0 Å². The Kier molecular flexibility index (Phi) is 10.1. The largest absolute Gasteiger partial charge is 0.493 e. The molecule has 1 N–H and O–H groups in total. The fourth-order valence-electron chi connectivity index (χ4n) is 2.59. The molecule has 0 atom stereocenters. The molecule has 4 nitrogen and oxygen atoms in total. The molecular weight excluding hydrogens is 383 g/mol. The van der Waals surface area contributed by atoms with E-state index in [0.29, 0.717) is 36.4 Å². The molecule has 29 heavy (non-hydrogen) atoms. The minimum absolute atomic E-state index is 0.143. The number of hydrogen-bond donors (Lipinski definition) is 1. The maximum atomic E-state index is 12.5. The third kappa shape index (κ3) is 8.05. The van der Waals surface area contributed by atoms with E-state index in [0.717, 1.165) is 17.7 Å². The molecule has 0 saturated heterocycles. The van der Waals surface area contributed by atoms with Crippen LogP contribution < -0.4 is 14.8 Å². The van der Waals surface area contributed by atoms with E-state index in [9.17, 15) is 18.0 Å². The lowest BCUT2D eigenvalue weighted by atomic mass is 10.1. The van der Waals surface area contributed by atoms with Crippen molar-refractivity contribution in [2.75, 3.05) is 20.8 Å². The number of ether oxygens (including phenoxy) is 2. The first-order valence-electron chi connectivity index (χ1n) is 9.47. The first kappa shape index (κ1) is 24.3. The second kappa shape index (κ2) is 12.0. The van der Waals surface area contributed by atoms with Crippen molar-refractivity contribution in [3.05, 3.63) is 59.2 Å². The number of benzene rings is 2. The van der Waals surface area contributed by atoms with E-state index in [4.69, 9.17) is 9.47 Å². The van der Waals surface area contributed by atoms with Crippen molar-refractivity contribution < 1.29 is 27.4 Å². The summed E-state index contributed by atoms with van der Waals surface area (Å²) in [7, 11) is 3.12. The van der Waals surface area contributed by atoms with Gasteiger partial charge in [-0.3, -0.25) is 4.79 Å². The quantitative estimate of drug-likeness (QED) is 0.662. The molecule has 0 spiro atoms. The lowest BCUT2D eigenvalue weighted by Gasteiger charge is -2.10. The number of methoxy groups -OCH3 is 2. The third-order valence-electron chi connectivity index (χ3n) is 4.11. The van der Waals surface area contributed by atoms with Crippen LogP contribution in [0.15, 0.2) is 42.5 Å². The molecule has 2 aromatic carbocycles. The molecule has 0 fully saturated rings. The topological polar surface area (TPSA) is 47.6 Å². The van der Waals surface area contributed by atoms with E-state index in [-0.39, 0.29) is 12.3 Å². The van der Waals surface area contributed by atoms with Crippen LogP contribution in [-0.2, 0) is 23.8 Å². The summed E-state index contributed by atoms with van der Waals surface area (Å²) in [6.07, 6.45) is -3.11. The van der Waals surface area contributed by atoms with Crippen LogP contribution in [0.5, 0.6) is 11.5 Å². The summed E-state index contributed by atoms with van der Waals surface area (Å²) in [5.41, 5.74) is 0.999. The van der Waals surface area contributed by atoms with Crippen LogP contribution in [0.3, 0.4) is 0 Å². The van der Waals surface area contributed by atoms with E-state index in [2.05, 4.69) is 5.32 Å². The molecule has 7 heteroatoms. The summed E-state index contributed by atoms with van der Waals surface area (Å²) in [6, 6.07) is 10.4. The lowest BCUT2D eigenvalue weighted by molar-refractivity contribution is -0.137. The highest BCUT2D eigenvalue weighted by Crippen LogP contribution is 2.29. The second-order valence-electron chi connectivity index (χ2n) is 5.98. The summed E-state index contributed by atoms with van der Waals surface area (Å²) in [5.74, 6) is 1.13. The van der Waals surface area contributed by atoms with E-state index >= 15 is 0 Å². The highest BCUT2D eigenvalue weighted by Gasteiger charge is 2.29. The van der Waals surface area contributed by atoms with Gasteiger partial charge in [-0.1, -0.05) is 32.0 Å². The van der Waals surface area contributed by atoms with Crippen LogP contribution in [0.1, 0.15) is 37.0 Å². The van der Waals surface area contributed by atoms with Crippen molar-refractivity contribution in [3.8, 4) is 11.5 Å². The monoisotopic (exact) mass is 411 g/mol. The van der Waals surface area contributed by atoms with E-state index in [1.807, 2.05) is 26.0 Å². The first-order chi connectivity index (χ1) is 13.8. The molecule has 160 valence electrons. The van der Waals surface area contributed by atoms with Gasteiger partial charge < -0.3 is 14.8 Å². The van der Waals surface area contributed by atoms with Crippen molar-refractivity contribution in [2.24, 2.45) is 0 Å². The Labute approximate surface area is 170 Å². The maximum Gasteiger partial charge on any atom is 0.416 e. The molecule has 2 rings (SSSR count). The first-order valence-corrected chi connectivity index (χ1v) is 9.47. The number of amides is 1. The molecule has 0 aliphatic rings. The van der Waals surface area contributed by atoms with Gasteiger partial charge in [-0.25, -0.2) is 0 Å². The number of nitrogens with one attached hydrogen (secondary N) is 1. The Bertz CT molecular complexity index is 759. The zero-order valence-corrected chi connectivity index (χ0v) is 17.2. The van der Waals surface area contributed by atoms with Crippen LogP contribution in [0.4, 0.5) is 13.2 Å². The molecule has 0 aromatic heterocycles. The van der Waals surface area contributed by atoms with Gasteiger partial charge in [-0.2, -0.15) is 13.2 Å². The number of halogens is 3. The summed E-state index contributed by atoms with van der Waals surface area (Å²) >= 11 is 0. The lowest BCUT2D eigenvalue weighted by Crippen LogP contribution is -2.25. The summed E-state index contributed by atoms with van der Waals surface area (Å²) in [6.45, 7) is 4.46. The Hall–Kier alpha value is -2.70. The smallest absolute Gasteiger partial charge is 0.416 e. The Morgan fingerprint density at radius 3 is 2.03 bits per heavy atom. The zero-order chi connectivity index (χ0) is 21.9. The molecule has 0 saturated carbocycles. The molecule has 0 aliphatic carbocycles. The Balaban J connectivity index is 0.00000204. The van der Waals surface area contributed by atoms with E-state index in [1.54, 1.807) is 20.3 Å². The Morgan fingerprint density at radius 2 is 1.48 bits per heavy atom. The highest BCUT2D eigenvalue weighted by atomic mass is 19.4. The number of carbonyl (C=O) groups excluding carboxylic acids is 1. The van der Waals surface area contributed by atoms with Gasteiger partial charge in [0.1, 0.15) is 0 Å². The SMILES string of the molecule is CC.COc1ccc(CCNC(=O)CCc2ccc(C(F)(F)F)cc2)cc1OC. The second-order valence-corrected chi connectivity index (χ2v) is 5.98. The average molecular weight is 411 g/mol. The summed E-state index contributed by atoms with van der Waals surface area (Å²) in [5, 5.41) is 2.81. The van der Waals surface area contributed by atoms with Gasteiger partial charge >= 0.3 is 6.18 Å². The third-order valence-corrected chi connectivity index (χ3v) is 4.11. The molecule has 0 heterocycles. The number of alkyl halides is 3. The Morgan fingerprint density at radius 1 is 0.897 bits per heavy atom. The molecule has 0 aliphatic heterocycles. The fourth-order valence-corrected chi connectivity index (χ4v) is 2.59. The predicted molar refractivity (Wildman–Crippen MR) is 107 cm³/mol. The van der Waals surface area contributed by atoms with Crippen LogP contribution in [0.25, 0.3) is 0 Å². The minimum atomic E-state index is -4.35. The summed E-state index contributed by atoms with van der Waals surface area (Å²) < 4.78 is 48.0.